The first-order valence-electron chi connectivity index (χ1n) is 4.96. The highest BCUT2D eigenvalue weighted by Crippen LogP contribution is 2.27. The fraction of sp³-hybridized carbons (Fsp3) is 0.0769. The van der Waals surface area contributed by atoms with Crippen molar-refractivity contribution in [3.63, 3.8) is 0 Å². The highest BCUT2D eigenvalue weighted by molar-refractivity contribution is 6.30. The molecule has 0 aliphatic heterocycles. The summed E-state index contributed by atoms with van der Waals surface area (Å²) in [5.74, 6) is -0.489. The molecule has 0 amide bonds. The molecule has 2 rings (SSSR count). The molecule has 0 radical (unpaired) electrons. The predicted octanol–water partition coefficient (Wildman–Crippen LogP) is 4.21. The second kappa shape index (κ2) is 5.05. The number of benzene rings is 2. The largest absolute Gasteiger partial charge is 0.384 e. The number of rotatable bonds is 2. The number of aliphatic hydroxyl groups excluding tert-OH is 1. The van der Waals surface area contributed by atoms with Crippen LogP contribution in [-0.4, -0.2) is 5.11 Å². The van der Waals surface area contributed by atoms with Crippen LogP contribution in [0.2, 0.25) is 10.0 Å². The van der Waals surface area contributed by atoms with Crippen molar-refractivity contribution in [3.05, 3.63) is 69.5 Å². The van der Waals surface area contributed by atoms with E-state index in [1.54, 1.807) is 24.3 Å². The molecule has 0 saturated heterocycles. The Morgan fingerprint density at radius 1 is 0.941 bits per heavy atom. The summed E-state index contributed by atoms with van der Waals surface area (Å²) in [6, 6.07) is 10.7. The van der Waals surface area contributed by atoms with Crippen molar-refractivity contribution < 1.29 is 9.50 Å². The fourth-order valence-electron chi connectivity index (χ4n) is 1.55. The van der Waals surface area contributed by atoms with Crippen LogP contribution in [0.1, 0.15) is 17.2 Å². The Bertz CT molecular complexity index is 525. The lowest BCUT2D eigenvalue weighted by Crippen LogP contribution is -2.02. The highest BCUT2D eigenvalue weighted by Gasteiger charge is 2.15. The van der Waals surface area contributed by atoms with Crippen molar-refractivity contribution in [2.45, 2.75) is 6.10 Å². The lowest BCUT2D eigenvalue weighted by molar-refractivity contribution is 0.215. The third-order valence-corrected chi connectivity index (χ3v) is 2.93. The zero-order chi connectivity index (χ0) is 12.4. The first-order chi connectivity index (χ1) is 8.08. The van der Waals surface area contributed by atoms with Gasteiger partial charge in [-0.3, -0.25) is 0 Å². The molecule has 1 N–H and O–H groups in total. The summed E-state index contributed by atoms with van der Waals surface area (Å²) in [7, 11) is 0. The Balaban J connectivity index is 2.39. The van der Waals surface area contributed by atoms with Gasteiger partial charge in [0.15, 0.2) is 0 Å². The molecule has 1 unspecified atom stereocenters. The van der Waals surface area contributed by atoms with E-state index in [-0.39, 0.29) is 5.56 Å². The maximum absolute atomic E-state index is 13.5. The molecular weight excluding hydrogens is 262 g/mol. The van der Waals surface area contributed by atoms with E-state index in [0.717, 1.165) is 0 Å². The van der Waals surface area contributed by atoms with Gasteiger partial charge in [-0.15, -0.1) is 0 Å². The van der Waals surface area contributed by atoms with Gasteiger partial charge in [0.2, 0.25) is 0 Å². The van der Waals surface area contributed by atoms with E-state index >= 15 is 0 Å². The second-order valence-corrected chi connectivity index (χ2v) is 4.49. The number of hydrogen-bond donors (Lipinski definition) is 1. The third kappa shape index (κ3) is 2.78. The van der Waals surface area contributed by atoms with Crippen molar-refractivity contribution in [2.75, 3.05) is 0 Å². The van der Waals surface area contributed by atoms with Gasteiger partial charge in [-0.25, -0.2) is 4.39 Å². The van der Waals surface area contributed by atoms with Crippen LogP contribution in [0.5, 0.6) is 0 Å². The molecule has 0 fully saturated rings. The second-order valence-electron chi connectivity index (χ2n) is 3.62. The summed E-state index contributed by atoms with van der Waals surface area (Å²) in [6.07, 6.45) is -1.05. The van der Waals surface area contributed by atoms with Gasteiger partial charge in [-0.2, -0.15) is 0 Å². The molecular formula is C13H9Cl2FO. The molecule has 0 aliphatic rings. The molecule has 0 bridgehead atoms. The van der Waals surface area contributed by atoms with Crippen LogP contribution in [0.25, 0.3) is 0 Å². The molecule has 0 aliphatic carbocycles. The van der Waals surface area contributed by atoms with E-state index in [4.69, 9.17) is 23.2 Å². The Hall–Kier alpha value is -1.09. The Labute approximate surface area is 108 Å². The molecule has 1 nitrogen and oxygen atoms in total. The van der Waals surface area contributed by atoms with E-state index in [1.807, 2.05) is 0 Å². The zero-order valence-corrected chi connectivity index (χ0v) is 10.2. The van der Waals surface area contributed by atoms with E-state index in [9.17, 15) is 9.50 Å². The summed E-state index contributed by atoms with van der Waals surface area (Å²) in [5.41, 5.74) is 0.718. The summed E-state index contributed by atoms with van der Waals surface area (Å²) in [6.45, 7) is 0. The van der Waals surface area contributed by atoms with E-state index < -0.39 is 11.9 Å². The quantitative estimate of drug-likeness (QED) is 0.867. The first-order valence-corrected chi connectivity index (χ1v) is 5.72. The van der Waals surface area contributed by atoms with Crippen molar-refractivity contribution in [1.29, 1.82) is 0 Å². The summed E-state index contributed by atoms with van der Waals surface area (Å²) < 4.78 is 13.5. The van der Waals surface area contributed by atoms with Crippen LogP contribution in [0, 0.1) is 5.82 Å². The summed E-state index contributed by atoms with van der Waals surface area (Å²) in [5, 5.41) is 11.0. The third-order valence-electron chi connectivity index (χ3n) is 2.44. The van der Waals surface area contributed by atoms with Crippen LogP contribution in [-0.2, 0) is 0 Å². The van der Waals surface area contributed by atoms with Gasteiger partial charge in [0.1, 0.15) is 11.9 Å². The topological polar surface area (TPSA) is 20.2 Å². The normalized spacial score (nSPS) is 12.5. The molecule has 2 aromatic carbocycles. The molecule has 1 atom stereocenters. The van der Waals surface area contributed by atoms with Crippen molar-refractivity contribution >= 4 is 23.2 Å². The molecule has 0 heterocycles. The minimum atomic E-state index is -1.05. The standard InChI is InChI=1S/C13H9Cl2FO/c14-9-3-1-8(2-4-9)13(17)11-7-10(15)5-6-12(11)16/h1-7,13,17H. The highest BCUT2D eigenvalue weighted by atomic mass is 35.5. The number of halogens is 3. The van der Waals surface area contributed by atoms with Crippen molar-refractivity contribution in [1.82, 2.24) is 0 Å². The minimum Gasteiger partial charge on any atom is -0.384 e. The Kier molecular flexibility index (Phi) is 3.67. The summed E-state index contributed by atoms with van der Waals surface area (Å²) >= 11 is 11.5. The lowest BCUT2D eigenvalue weighted by atomic mass is 10.0. The average molecular weight is 271 g/mol. The monoisotopic (exact) mass is 270 g/mol. The van der Waals surface area contributed by atoms with Gasteiger partial charge in [-0.1, -0.05) is 35.3 Å². The van der Waals surface area contributed by atoms with Crippen molar-refractivity contribution in [3.8, 4) is 0 Å². The Morgan fingerprint density at radius 3 is 2.18 bits per heavy atom. The molecule has 4 heteroatoms. The molecule has 88 valence electrons. The number of hydrogen-bond acceptors (Lipinski definition) is 1. The minimum absolute atomic E-state index is 0.153. The molecule has 0 spiro atoms. The van der Waals surface area contributed by atoms with Gasteiger partial charge in [-0.05, 0) is 35.9 Å². The van der Waals surface area contributed by atoms with E-state index in [0.29, 0.717) is 15.6 Å². The first kappa shape index (κ1) is 12.4. The van der Waals surface area contributed by atoms with E-state index in [1.165, 1.54) is 18.2 Å². The lowest BCUT2D eigenvalue weighted by Gasteiger charge is -2.12. The van der Waals surface area contributed by atoms with Crippen molar-refractivity contribution in [2.24, 2.45) is 0 Å². The van der Waals surface area contributed by atoms with Crippen LogP contribution in [0.15, 0.2) is 42.5 Å². The van der Waals surface area contributed by atoms with Crippen LogP contribution in [0.4, 0.5) is 4.39 Å². The molecule has 0 saturated carbocycles. The van der Waals surface area contributed by atoms with Crippen LogP contribution < -0.4 is 0 Å². The Morgan fingerprint density at radius 2 is 1.53 bits per heavy atom. The van der Waals surface area contributed by atoms with Gasteiger partial charge in [0.05, 0.1) is 0 Å². The van der Waals surface area contributed by atoms with E-state index in [2.05, 4.69) is 0 Å². The molecule has 17 heavy (non-hydrogen) atoms. The predicted molar refractivity (Wildman–Crippen MR) is 66.9 cm³/mol. The maximum atomic E-state index is 13.5. The molecule has 2 aromatic rings. The van der Waals surface area contributed by atoms with Gasteiger partial charge in [0.25, 0.3) is 0 Å². The SMILES string of the molecule is OC(c1ccc(Cl)cc1)c1cc(Cl)ccc1F. The van der Waals surface area contributed by atoms with Gasteiger partial charge < -0.3 is 5.11 Å². The number of aliphatic hydroxyl groups is 1. The van der Waals surface area contributed by atoms with Crippen LogP contribution >= 0.6 is 23.2 Å². The molecule has 0 aromatic heterocycles. The zero-order valence-electron chi connectivity index (χ0n) is 8.70. The average Bonchev–Trinajstić information content (AvgIpc) is 2.32. The smallest absolute Gasteiger partial charge is 0.129 e. The van der Waals surface area contributed by atoms with Gasteiger partial charge in [0, 0.05) is 15.6 Å². The summed E-state index contributed by atoms with van der Waals surface area (Å²) in [4.78, 5) is 0. The van der Waals surface area contributed by atoms with Crippen LogP contribution in [0.3, 0.4) is 0 Å². The maximum Gasteiger partial charge on any atom is 0.129 e. The van der Waals surface area contributed by atoms with Gasteiger partial charge >= 0.3 is 0 Å². The fourth-order valence-corrected chi connectivity index (χ4v) is 1.86.